The number of fused-ring (bicyclic) bond motifs is 1. The van der Waals surface area contributed by atoms with E-state index in [2.05, 4.69) is 26.2 Å². The van der Waals surface area contributed by atoms with Gasteiger partial charge in [-0.15, -0.1) is 0 Å². The van der Waals surface area contributed by atoms with E-state index in [-0.39, 0.29) is 18.1 Å². The number of carbonyl (C=O) groups excluding carboxylic acids is 1. The van der Waals surface area contributed by atoms with Crippen molar-refractivity contribution in [3.63, 3.8) is 0 Å². The molecule has 3 aromatic carbocycles. The predicted molar refractivity (Wildman–Crippen MR) is 166 cm³/mol. The van der Waals surface area contributed by atoms with Crippen molar-refractivity contribution >= 4 is 22.5 Å². The summed E-state index contributed by atoms with van der Waals surface area (Å²) in [5.41, 5.74) is 5.06. The number of piperidine rings is 2. The molecule has 8 heteroatoms. The number of anilines is 1. The number of aromatic nitrogens is 1. The molecule has 0 saturated carbocycles. The van der Waals surface area contributed by atoms with Crippen LogP contribution in [0.1, 0.15) is 52.7 Å². The van der Waals surface area contributed by atoms with E-state index in [1.807, 2.05) is 72.8 Å². The first-order chi connectivity index (χ1) is 21.1. The lowest BCUT2D eigenvalue weighted by Crippen LogP contribution is -2.44. The summed E-state index contributed by atoms with van der Waals surface area (Å²) >= 11 is 0. The predicted octanol–water partition coefficient (Wildman–Crippen LogP) is 6.02. The zero-order valence-corrected chi connectivity index (χ0v) is 24.2. The van der Waals surface area contributed by atoms with E-state index in [1.165, 1.54) is 5.56 Å². The van der Waals surface area contributed by atoms with E-state index >= 15 is 0 Å². The first kappa shape index (κ1) is 28.6. The van der Waals surface area contributed by atoms with Gasteiger partial charge in [-0.25, -0.2) is 4.39 Å². The number of likely N-dealkylation sites (tertiary alicyclic amines) is 1. The van der Waals surface area contributed by atoms with Gasteiger partial charge < -0.3 is 15.0 Å². The molecule has 0 unspecified atom stereocenters. The molecule has 43 heavy (non-hydrogen) atoms. The number of rotatable bonds is 8. The molecule has 0 spiro atoms. The van der Waals surface area contributed by atoms with Gasteiger partial charge in [0, 0.05) is 68.9 Å². The van der Waals surface area contributed by atoms with Gasteiger partial charge in [0.05, 0.1) is 22.7 Å². The van der Waals surface area contributed by atoms with Crippen LogP contribution in [0.3, 0.4) is 0 Å². The number of ether oxygens (including phenoxy) is 1. The molecule has 0 aliphatic carbocycles. The van der Waals surface area contributed by atoms with Crippen molar-refractivity contribution < 1.29 is 13.9 Å². The van der Waals surface area contributed by atoms with Crippen LogP contribution in [-0.4, -0.2) is 54.1 Å². The molecule has 0 radical (unpaired) electrons. The van der Waals surface area contributed by atoms with Crippen LogP contribution in [0.4, 0.5) is 10.1 Å². The van der Waals surface area contributed by atoms with Crippen LogP contribution in [0.5, 0.6) is 5.75 Å². The monoisotopic (exact) mass is 577 g/mol. The van der Waals surface area contributed by atoms with E-state index in [0.717, 1.165) is 80.7 Å². The van der Waals surface area contributed by atoms with Gasteiger partial charge in [-0.3, -0.25) is 14.7 Å². The van der Waals surface area contributed by atoms with Gasteiger partial charge in [-0.2, -0.15) is 5.26 Å². The van der Waals surface area contributed by atoms with Gasteiger partial charge in [0.15, 0.2) is 0 Å². The number of benzene rings is 3. The van der Waals surface area contributed by atoms with E-state index in [4.69, 9.17) is 10.00 Å². The van der Waals surface area contributed by atoms with E-state index in [9.17, 15) is 9.18 Å². The smallest absolute Gasteiger partial charge is 0.253 e. The molecule has 1 aromatic heterocycles. The minimum atomic E-state index is -0.439. The molecule has 2 fully saturated rings. The van der Waals surface area contributed by atoms with Crippen molar-refractivity contribution in [1.29, 1.82) is 5.26 Å². The fraction of sp³-hybridized carbons (Fsp3) is 0.343. The molecule has 3 heterocycles. The molecule has 0 bridgehead atoms. The summed E-state index contributed by atoms with van der Waals surface area (Å²) < 4.78 is 19.2. The molecule has 2 saturated heterocycles. The molecular weight excluding hydrogens is 541 g/mol. The number of pyridine rings is 1. The van der Waals surface area contributed by atoms with Crippen LogP contribution in [0.25, 0.3) is 10.9 Å². The van der Waals surface area contributed by atoms with Crippen molar-refractivity contribution in [2.24, 2.45) is 0 Å². The fourth-order valence-corrected chi connectivity index (χ4v) is 5.97. The van der Waals surface area contributed by atoms with Crippen LogP contribution in [0.15, 0.2) is 79.0 Å². The Bertz CT molecular complexity index is 1590. The minimum absolute atomic E-state index is 0.0989. The van der Waals surface area contributed by atoms with E-state index in [0.29, 0.717) is 16.7 Å². The first-order valence-corrected chi connectivity index (χ1v) is 15.0. The third kappa shape index (κ3) is 7.12. The van der Waals surface area contributed by atoms with Crippen LogP contribution < -0.4 is 15.0 Å². The summed E-state index contributed by atoms with van der Waals surface area (Å²) in [5, 5.41) is 13.1. The maximum Gasteiger partial charge on any atom is 0.253 e. The lowest BCUT2D eigenvalue weighted by atomic mass is 10.0. The summed E-state index contributed by atoms with van der Waals surface area (Å²) in [6.45, 7) is 3.99. The Morgan fingerprint density at radius 3 is 2.35 bits per heavy atom. The summed E-state index contributed by atoms with van der Waals surface area (Å²) in [7, 11) is 0. The van der Waals surface area contributed by atoms with Gasteiger partial charge in [-0.1, -0.05) is 24.3 Å². The highest BCUT2D eigenvalue weighted by molar-refractivity contribution is 5.97. The van der Waals surface area contributed by atoms with Crippen molar-refractivity contribution in [3.05, 3.63) is 101 Å². The van der Waals surface area contributed by atoms with Gasteiger partial charge in [0.1, 0.15) is 18.5 Å². The van der Waals surface area contributed by atoms with Crippen molar-refractivity contribution in [2.45, 2.75) is 51.0 Å². The summed E-state index contributed by atoms with van der Waals surface area (Å²) in [4.78, 5) is 22.4. The maximum absolute atomic E-state index is 13.1. The second kappa shape index (κ2) is 13.2. The average molecular weight is 578 g/mol. The van der Waals surface area contributed by atoms with Gasteiger partial charge in [0.2, 0.25) is 0 Å². The Labute approximate surface area is 251 Å². The molecule has 2 aliphatic heterocycles. The lowest BCUT2D eigenvalue weighted by Gasteiger charge is -2.33. The maximum atomic E-state index is 13.1. The zero-order chi connectivity index (χ0) is 29.6. The number of nitrogens with one attached hydrogen (secondary N) is 1. The molecule has 2 aliphatic rings. The van der Waals surface area contributed by atoms with Crippen molar-refractivity contribution in [1.82, 2.24) is 15.2 Å². The lowest BCUT2D eigenvalue weighted by molar-refractivity contribution is 0.0908. The SMILES string of the molecule is N#Cc1ccc(CN2CCC(NC(=O)c3cnc4ccc(OC5CCN(c6ccc(CF)cc6)CC5)cc4c3)CC2)cc1. The highest BCUT2D eigenvalue weighted by atomic mass is 19.1. The number of hydrogen-bond donors (Lipinski definition) is 1. The Hall–Kier alpha value is -4.48. The number of amides is 1. The second-order valence-corrected chi connectivity index (χ2v) is 11.5. The molecule has 0 atom stereocenters. The summed E-state index contributed by atoms with van der Waals surface area (Å²) in [6, 6.07) is 25.5. The third-order valence-electron chi connectivity index (χ3n) is 8.53. The number of nitriles is 1. The summed E-state index contributed by atoms with van der Waals surface area (Å²) in [6.07, 6.45) is 5.34. The highest BCUT2D eigenvalue weighted by Crippen LogP contribution is 2.26. The van der Waals surface area contributed by atoms with Crippen molar-refractivity contribution in [3.8, 4) is 11.8 Å². The number of alkyl halides is 1. The second-order valence-electron chi connectivity index (χ2n) is 11.5. The van der Waals surface area contributed by atoms with E-state index in [1.54, 1.807) is 6.20 Å². The first-order valence-electron chi connectivity index (χ1n) is 15.0. The largest absolute Gasteiger partial charge is 0.490 e. The van der Waals surface area contributed by atoms with Crippen molar-refractivity contribution in [2.75, 3.05) is 31.1 Å². The van der Waals surface area contributed by atoms with Gasteiger partial charge >= 0.3 is 0 Å². The molecule has 7 nitrogen and oxygen atoms in total. The highest BCUT2D eigenvalue weighted by Gasteiger charge is 2.23. The van der Waals surface area contributed by atoms with Gasteiger partial charge in [-0.05, 0) is 72.5 Å². The van der Waals surface area contributed by atoms with Crippen LogP contribution in [0, 0.1) is 11.3 Å². The zero-order valence-electron chi connectivity index (χ0n) is 24.2. The molecular formula is C35H36FN5O2. The van der Waals surface area contributed by atoms with Crippen LogP contribution in [0.2, 0.25) is 0 Å². The quantitative estimate of drug-likeness (QED) is 0.276. The Kier molecular flexibility index (Phi) is 8.80. The number of hydrogen-bond acceptors (Lipinski definition) is 6. The molecule has 1 N–H and O–H groups in total. The molecule has 1 amide bonds. The summed E-state index contributed by atoms with van der Waals surface area (Å²) in [5.74, 6) is 0.686. The topological polar surface area (TPSA) is 81.5 Å². The number of halogens is 1. The number of carbonyl (C=O) groups is 1. The number of nitrogens with zero attached hydrogens (tertiary/aromatic N) is 4. The third-order valence-corrected chi connectivity index (χ3v) is 8.53. The Morgan fingerprint density at radius 1 is 0.930 bits per heavy atom. The van der Waals surface area contributed by atoms with E-state index < -0.39 is 6.67 Å². The Balaban J connectivity index is 1.00. The van der Waals surface area contributed by atoms with Crippen LogP contribution >= 0.6 is 0 Å². The molecule has 4 aromatic rings. The average Bonchev–Trinajstić information content (AvgIpc) is 3.06. The normalized spacial score (nSPS) is 16.6. The minimum Gasteiger partial charge on any atom is -0.490 e. The molecule has 220 valence electrons. The Morgan fingerprint density at radius 2 is 1.65 bits per heavy atom. The van der Waals surface area contributed by atoms with Gasteiger partial charge in [0.25, 0.3) is 5.91 Å². The van der Waals surface area contributed by atoms with Crippen LogP contribution in [-0.2, 0) is 13.2 Å². The fourth-order valence-electron chi connectivity index (χ4n) is 5.97. The molecule has 6 rings (SSSR count). The standard InChI is InChI=1S/C35H36FN5O2/c36-21-25-5-7-31(8-6-25)41-17-13-32(14-18-41)43-33-9-10-34-28(20-33)19-29(23-38-34)35(42)39-30-11-15-40(16-12-30)24-27-3-1-26(22-37)2-4-27/h1-10,19-20,23,30,32H,11-18,21,24H2,(H,39,42).